The molecule has 0 unspecified atom stereocenters. The van der Waals surface area contributed by atoms with Gasteiger partial charge in [-0.1, -0.05) is 54.5 Å². The molecule has 4 heteroatoms. The number of rotatable bonds is 0. The lowest BCUT2D eigenvalue weighted by atomic mass is 10.1. The summed E-state index contributed by atoms with van der Waals surface area (Å²) in [7, 11) is 0. The topological polar surface area (TPSA) is 18.5 Å². The van der Waals surface area contributed by atoms with E-state index in [4.69, 9.17) is 20.8 Å². The maximum Gasteiger partial charge on any atom is 0.713 e. The molecule has 0 aliphatic carbocycles. The van der Waals surface area contributed by atoms with Gasteiger partial charge in [0.1, 0.15) is 5.75 Å². The van der Waals surface area contributed by atoms with Gasteiger partial charge in [0, 0.05) is 0 Å². The zero-order valence-electron chi connectivity index (χ0n) is 9.30. The van der Waals surface area contributed by atoms with Crippen molar-refractivity contribution >= 4 is 18.0 Å². The standard InChI is InChI=1S/C13H12BClO2/c1-11-7-3-2-4-8-12-9-5-6-10-13(12)17-14(15)16-11/h2-7,9-10H,1,8H2/b4-2-,7-3-. The van der Waals surface area contributed by atoms with Gasteiger partial charge in [-0.25, -0.2) is 0 Å². The van der Waals surface area contributed by atoms with Crippen molar-refractivity contribution in [3.8, 4) is 5.75 Å². The molecule has 0 bridgehead atoms. The van der Waals surface area contributed by atoms with Crippen LogP contribution in [-0.2, 0) is 11.1 Å². The van der Waals surface area contributed by atoms with Crippen LogP contribution in [0.15, 0.2) is 60.9 Å². The Kier molecular flexibility index (Phi) is 3.94. The number of allylic oxidation sites excluding steroid dienone is 4. The highest BCUT2D eigenvalue weighted by molar-refractivity contribution is 6.99. The molecule has 1 aromatic carbocycles. The molecule has 1 aliphatic rings. The molecule has 2 rings (SSSR count). The van der Waals surface area contributed by atoms with E-state index in [1.165, 1.54) is 0 Å². The largest absolute Gasteiger partial charge is 0.713 e. The van der Waals surface area contributed by atoms with Gasteiger partial charge >= 0.3 is 6.53 Å². The first-order chi connectivity index (χ1) is 8.25. The van der Waals surface area contributed by atoms with E-state index in [2.05, 4.69) is 6.58 Å². The molecule has 0 saturated carbocycles. The molecular weight excluding hydrogens is 234 g/mol. The molecule has 0 aromatic heterocycles. The van der Waals surface area contributed by atoms with Crippen molar-refractivity contribution < 1.29 is 9.31 Å². The third kappa shape index (κ3) is 3.43. The zero-order chi connectivity index (χ0) is 12.1. The lowest BCUT2D eigenvalue weighted by Gasteiger charge is -2.13. The lowest BCUT2D eigenvalue weighted by Crippen LogP contribution is -2.19. The molecule has 17 heavy (non-hydrogen) atoms. The summed E-state index contributed by atoms with van der Waals surface area (Å²) in [5.74, 6) is 1.20. The summed E-state index contributed by atoms with van der Waals surface area (Å²) in [5.41, 5.74) is 1.07. The quantitative estimate of drug-likeness (QED) is 0.653. The van der Waals surface area contributed by atoms with E-state index in [9.17, 15) is 0 Å². The van der Waals surface area contributed by atoms with E-state index >= 15 is 0 Å². The maximum absolute atomic E-state index is 5.94. The van der Waals surface area contributed by atoms with E-state index in [0.717, 1.165) is 17.7 Å². The summed E-state index contributed by atoms with van der Waals surface area (Å²) in [4.78, 5) is 0. The van der Waals surface area contributed by atoms with Gasteiger partial charge in [-0.05, 0) is 24.1 Å². The average Bonchev–Trinajstić information content (AvgIpc) is 2.32. The molecular formula is C13H12BClO2. The normalized spacial score (nSPS) is 19.4. The second-order valence-corrected chi connectivity index (χ2v) is 3.93. The second kappa shape index (κ2) is 5.64. The van der Waals surface area contributed by atoms with E-state index < -0.39 is 6.53 Å². The van der Waals surface area contributed by atoms with Gasteiger partial charge < -0.3 is 9.31 Å². The van der Waals surface area contributed by atoms with Crippen molar-refractivity contribution in [2.45, 2.75) is 6.42 Å². The molecule has 0 fully saturated rings. The van der Waals surface area contributed by atoms with E-state index in [-0.39, 0.29) is 0 Å². The Hall–Kier alpha value is -1.61. The van der Waals surface area contributed by atoms with Crippen molar-refractivity contribution in [3.05, 3.63) is 66.5 Å². The lowest BCUT2D eigenvalue weighted by molar-refractivity contribution is 0.378. The van der Waals surface area contributed by atoms with Crippen LogP contribution in [0.1, 0.15) is 5.56 Å². The zero-order valence-corrected chi connectivity index (χ0v) is 10.1. The van der Waals surface area contributed by atoms with Crippen LogP contribution >= 0.6 is 11.5 Å². The third-order valence-corrected chi connectivity index (χ3v) is 2.48. The fraction of sp³-hybridized carbons (Fsp3) is 0.0769. The fourth-order valence-corrected chi connectivity index (χ4v) is 1.72. The Labute approximate surface area is 106 Å². The Morgan fingerprint density at radius 1 is 1.18 bits per heavy atom. The monoisotopic (exact) mass is 246 g/mol. The predicted octanol–water partition coefficient (Wildman–Crippen LogP) is 3.49. The van der Waals surface area contributed by atoms with Crippen LogP contribution in [-0.4, -0.2) is 6.53 Å². The molecule has 1 aliphatic heterocycles. The number of hydrogen-bond donors (Lipinski definition) is 0. The molecule has 0 atom stereocenters. The number of para-hydroxylation sites is 1. The van der Waals surface area contributed by atoms with Crippen molar-refractivity contribution in [2.75, 3.05) is 0 Å². The summed E-state index contributed by atoms with van der Waals surface area (Å²) < 4.78 is 10.8. The third-order valence-electron chi connectivity index (χ3n) is 2.30. The first-order valence-electron chi connectivity index (χ1n) is 5.33. The van der Waals surface area contributed by atoms with Crippen LogP contribution in [0.3, 0.4) is 0 Å². The van der Waals surface area contributed by atoms with Gasteiger partial charge in [0.05, 0.1) is 5.76 Å². The second-order valence-electron chi connectivity index (χ2n) is 3.58. The van der Waals surface area contributed by atoms with E-state index in [1.54, 1.807) is 6.08 Å². The maximum atomic E-state index is 5.94. The van der Waals surface area contributed by atoms with Crippen LogP contribution in [0.2, 0.25) is 0 Å². The van der Waals surface area contributed by atoms with Gasteiger partial charge in [0.2, 0.25) is 0 Å². The minimum Gasteiger partial charge on any atom is -0.513 e. The van der Waals surface area contributed by atoms with Crippen LogP contribution in [0.25, 0.3) is 0 Å². The number of benzene rings is 1. The van der Waals surface area contributed by atoms with Crippen molar-refractivity contribution in [1.29, 1.82) is 0 Å². The van der Waals surface area contributed by atoms with E-state index in [1.807, 2.05) is 42.5 Å². The molecule has 0 N–H and O–H groups in total. The van der Waals surface area contributed by atoms with Crippen molar-refractivity contribution in [1.82, 2.24) is 0 Å². The highest BCUT2D eigenvalue weighted by Gasteiger charge is 2.21. The first-order valence-corrected chi connectivity index (χ1v) is 5.77. The van der Waals surface area contributed by atoms with E-state index in [0.29, 0.717) is 5.76 Å². The van der Waals surface area contributed by atoms with Crippen LogP contribution in [0.4, 0.5) is 0 Å². The molecule has 0 radical (unpaired) electrons. The summed E-state index contributed by atoms with van der Waals surface area (Å²) >= 11 is 5.94. The number of hydrogen-bond acceptors (Lipinski definition) is 2. The van der Waals surface area contributed by atoms with Crippen molar-refractivity contribution in [3.63, 3.8) is 0 Å². The number of halogens is 1. The minimum atomic E-state index is -0.869. The molecule has 1 heterocycles. The van der Waals surface area contributed by atoms with Gasteiger partial charge in [0.15, 0.2) is 0 Å². The van der Waals surface area contributed by atoms with Crippen LogP contribution < -0.4 is 4.65 Å². The summed E-state index contributed by atoms with van der Waals surface area (Å²) in [6, 6.07) is 7.74. The molecule has 86 valence electrons. The number of fused-ring (bicyclic) bond motifs is 1. The Morgan fingerprint density at radius 3 is 2.88 bits per heavy atom. The van der Waals surface area contributed by atoms with Gasteiger partial charge in [0.25, 0.3) is 0 Å². The van der Waals surface area contributed by atoms with Gasteiger partial charge in [-0.3, -0.25) is 0 Å². The minimum absolute atomic E-state index is 0.467. The highest BCUT2D eigenvalue weighted by atomic mass is 35.5. The summed E-state index contributed by atoms with van der Waals surface area (Å²) in [5, 5.41) is 0. The average molecular weight is 247 g/mol. The fourth-order valence-electron chi connectivity index (χ4n) is 1.51. The highest BCUT2D eigenvalue weighted by Crippen LogP contribution is 2.21. The molecule has 0 spiro atoms. The Morgan fingerprint density at radius 2 is 2.00 bits per heavy atom. The predicted molar refractivity (Wildman–Crippen MR) is 70.9 cm³/mol. The van der Waals surface area contributed by atoms with Crippen molar-refractivity contribution in [2.24, 2.45) is 0 Å². The van der Waals surface area contributed by atoms with Crippen LogP contribution in [0.5, 0.6) is 5.75 Å². The molecule has 1 aromatic rings. The molecule has 0 saturated heterocycles. The smallest absolute Gasteiger partial charge is 0.513 e. The Balaban J connectivity index is 2.28. The first kappa shape index (κ1) is 11.9. The van der Waals surface area contributed by atoms with Crippen LogP contribution in [0, 0.1) is 0 Å². The Bertz CT molecular complexity index is 468. The molecule has 0 amide bonds. The summed E-state index contributed by atoms with van der Waals surface area (Å²) in [6.45, 7) is 2.85. The van der Waals surface area contributed by atoms with Gasteiger partial charge in [-0.2, -0.15) is 0 Å². The van der Waals surface area contributed by atoms with Gasteiger partial charge in [-0.15, -0.1) is 0 Å². The molecule has 2 nitrogen and oxygen atoms in total. The SMILES string of the molecule is C=C1/C=C\C=C/Cc2ccccc2OB(Cl)O1. The summed E-state index contributed by atoms with van der Waals surface area (Å²) in [6.07, 6.45) is 8.38.